The molecule has 3 saturated heterocycles. The predicted molar refractivity (Wildman–Crippen MR) is 153 cm³/mol. The monoisotopic (exact) mass is 587 g/mol. The number of carbonyl (C=O) groups is 4. The van der Waals surface area contributed by atoms with Gasteiger partial charge in [0, 0.05) is 19.5 Å². The number of hydrogen-bond acceptors (Lipinski definition) is 7. The van der Waals surface area contributed by atoms with E-state index in [1.807, 2.05) is 13.0 Å². The molecule has 3 heterocycles. The van der Waals surface area contributed by atoms with Crippen LogP contribution in [-0.4, -0.2) is 83.8 Å². The smallest absolute Gasteiger partial charge is 0.312 e. The summed E-state index contributed by atoms with van der Waals surface area (Å²) in [5, 5.41) is 12.9. The molecule has 0 aliphatic carbocycles. The number of halogens is 1. The van der Waals surface area contributed by atoms with Gasteiger partial charge in [-0.1, -0.05) is 35.9 Å². The van der Waals surface area contributed by atoms with Crippen molar-refractivity contribution in [2.24, 2.45) is 11.8 Å². The second kappa shape index (κ2) is 12.8. The summed E-state index contributed by atoms with van der Waals surface area (Å²) in [6, 6.07) is 4.23. The van der Waals surface area contributed by atoms with Crippen LogP contribution in [0.15, 0.2) is 43.5 Å². The van der Waals surface area contributed by atoms with Gasteiger partial charge in [-0.25, -0.2) is 0 Å². The highest BCUT2D eigenvalue weighted by Gasteiger charge is 2.75. The lowest BCUT2D eigenvalue weighted by Crippen LogP contribution is -2.57. The molecule has 222 valence electrons. The van der Waals surface area contributed by atoms with E-state index in [4.69, 9.17) is 21.1 Å². The summed E-state index contributed by atoms with van der Waals surface area (Å²) in [4.78, 5) is 56.5. The van der Waals surface area contributed by atoms with E-state index in [1.54, 1.807) is 31.2 Å². The molecule has 1 spiro atoms. The molecule has 41 heavy (non-hydrogen) atoms. The number of aliphatic hydroxyl groups is 1. The Balaban J connectivity index is 1.61. The molecule has 0 radical (unpaired) electrons. The number of nitrogens with one attached hydrogen (secondary N) is 1. The predicted octanol–water partition coefficient (Wildman–Crippen LogP) is 2.55. The minimum atomic E-state index is -1.26. The summed E-state index contributed by atoms with van der Waals surface area (Å²) in [6.07, 6.45) is 3.69. The summed E-state index contributed by atoms with van der Waals surface area (Å²) in [5.41, 5.74) is 0.0141. The molecule has 3 aliphatic rings. The first-order valence-corrected chi connectivity index (χ1v) is 14.3. The van der Waals surface area contributed by atoms with Crippen molar-refractivity contribution in [1.29, 1.82) is 0 Å². The number of fused-ring (bicyclic) bond motifs is 1. The lowest BCUT2D eigenvalue weighted by atomic mass is 9.70. The highest BCUT2D eigenvalue weighted by Crippen LogP contribution is 2.59. The van der Waals surface area contributed by atoms with Crippen LogP contribution < -0.4 is 10.2 Å². The SMILES string of the molecule is C=CCCC(=O)NC[C@H](C)OC(=O)[C@@H]1[C@H]2C(=O)N(CCO)[C@H](C(=O)N(CC=C)c3c(C)cccc3Cl)[C@]23CC[C@H]1O3. The topological polar surface area (TPSA) is 125 Å². The second-order valence-corrected chi connectivity index (χ2v) is 11.2. The highest BCUT2D eigenvalue weighted by molar-refractivity contribution is 6.34. The van der Waals surface area contributed by atoms with Crippen LogP contribution in [0.5, 0.6) is 0 Å². The molecule has 11 heteroatoms. The van der Waals surface area contributed by atoms with E-state index >= 15 is 0 Å². The van der Waals surface area contributed by atoms with Crippen LogP contribution in [0.2, 0.25) is 5.02 Å². The number of nitrogens with zero attached hydrogens (tertiary/aromatic N) is 2. The highest BCUT2D eigenvalue weighted by atomic mass is 35.5. The van der Waals surface area contributed by atoms with Gasteiger partial charge in [0.25, 0.3) is 5.91 Å². The maximum atomic E-state index is 14.4. The average molecular weight is 588 g/mol. The Morgan fingerprint density at radius 3 is 2.76 bits per heavy atom. The third kappa shape index (κ3) is 5.65. The quantitative estimate of drug-likeness (QED) is 0.268. The van der Waals surface area contributed by atoms with Crippen molar-refractivity contribution in [2.45, 2.75) is 63.4 Å². The molecular weight excluding hydrogens is 550 g/mol. The number of carbonyl (C=O) groups excluding carboxylic acids is 4. The number of para-hydroxylation sites is 1. The van der Waals surface area contributed by atoms with Crippen LogP contribution in [0.1, 0.15) is 38.2 Å². The van der Waals surface area contributed by atoms with Crippen LogP contribution in [0.25, 0.3) is 0 Å². The van der Waals surface area contributed by atoms with Crippen molar-refractivity contribution in [3.8, 4) is 0 Å². The number of aliphatic hydroxyl groups excluding tert-OH is 1. The first-order chi connectivity index (χ1) is 19.6. The van der Waals surface area contributed by atoms with E-state index in [9.17, 15) is 24.3 Å². The van der Waals surface area contributed by atoms with Crippen LogP contribution in [-0.2, 0) is 28.7 Å². The van der Waals surface area contributed by atoms with Crippen molar-refractivity contribution in [2.75, 3.05) is 31.1 Å². The molecule has 1 aromatic carbocycles. The molecular formula is C30H38ClN3O7. The molecule has 3 aliphatic heterocycles. The largest absolute Gasteiger partial charge is 0.460 e. The maximum absolute atomic E-state index is 14.4. The first kappa shape index (κ1) is 30.7. The molecule has 0 aromatic heterocycles. The minimum absolute atomic E-state index is 0.0974. The van der Waals surface area contributed by atoms with Crippen molar-refractivity contribution in [3.05, 3.63) is 54.1 Å². The molecule has 4 rings (SSSR count). The van der Waals surface area contributed by atoms with Gasteiger partial charge in [0.15, 0.2) is 0 Å². The van der Waals surface area contributed by atoms with Crippen LogP contribution in [0.3, 0.4) is 0 Å². The van der Waals surface area contributed by atoms with Gasteiger partial charge < -0.3 is 29.7 Å². The van der Waals surface area contributed by atoms with Crippen LogP contribution in [0.4, 0.5) is 5.69 Å². The van der Waals surface area contributed by atoms with Gasteiger partial charge in [-0.15, -0.1) is 13.2 Å². The Kier molecular flexibility index (Phi) is 9.56. The summed E-state index contributed by atoms with van der Waals surface area (Å²) in [7, 11) is 0. The Bertz CT molecular complexity index is 1200. The average Bonchev–Trinajstić information content (AvgIpc) is 3.57. The van der Waals surface area contributed by atoms with E-state index in [1.165, 1.54) is 9.80 Å². The van der Waals surface area contributed by atoms with E-state index in [0.717, 1.165) is 5.56 Å². The summed E-state index contributed by atoms with van der Waals surface area (Å²) < 4.78 is 12.1. The molecule has 0 unspecified atom stereocenters. The lowest BCUT2D eigenvalue weighted by molar-refractivity contribution is -0.159. The van der Waals surface area contributed by atoms with Crippen molar-refractivity contribution in [3.63, 3.8) is 0 Å². The minimum Gasteiger partial charge on any atom is -0.460 e. The summed E-state index contributed by atoms with van der Waals surface area (Å²) in [5.74, 6) is -3.49. The van der Waals surface area contributed by atoms with Gasteiger partial charge in [-0.2, -0.15) is 0 Å². The fraction of sp³-hybridized carbons (Fsp3) is 0.533. The fourth-order valence-electron chi connectivity index (χ4n) is 6.48. The number of allylic oxidation sites excluding steroid dienone is 1. The lowest BCUT2D eigenvalue weighted by Gasteiger charge is -2.37. The number of anilines is 1. The number of amides is 3. The molecule has 1 aromatic rings. The van der Waals surface area contributed by atoms with Gasteiger partial charge in [-0.05, 0) is 44.7 Å². The Hall–Kier alpha value is -3.21. The third-order valence-electron chi connectivity index (χ3n) is 8.16. The number of β-amino-alcohol motifs (C(OH)–C–C–N with tert-alkyl or cyclic N) is 1. The van der Waals surface area contributed by atoms with Crippen molar-refractivity contribution >= 4 is 41.0 Å². The number of benzene rings is 1. The van der Waals surface area contributed by atoms with Gasteiger partial charge in [-0.3, -0.25) is 19.2 Å². The molecule has 3 fully saturated rings. The molecule has 2 N–H and O–H groups in total. The Labute approximate surface area is 245 Å². The molecule has 2 bridgehead atoms. The number of aryl methyl sites for hydroxylation is 1. The number of ether oxygens (including phenoxy) is 2. The normalized spacial score (nSPS) is 26.8. The van der Waals surface area contributed by atoms with Gasteiger partial charge in [0.2, 0.25) is 11.8 Å². The summed E-state index contributed by atoms with van der Waals surface area (Å²) >= 11 is 6.54. The molecule has 3 amide bonds. The van der Waals surface area contributed by atoms with E-state index in [-0.39, 0.29) is 38.6 Å². The van der Waals surface area contributed by atoms with Crippen molar-refractivity contribution in [1.82, 2.24) is 10.2 Å². The number of esters is 1. The second-order valence-electron chi connectivity index (χ2n) is 10.8. The molecule has 6 atom stereocenters. The van der Waals surface area contributed by atoms with Gasteiger partial charge in [0.05, 0.1) is 41.8 Å². The molecule has 10 nitrogen and oxygen atoms in total. The maximum Gasteiger partial charge on any atom is 0.312 e. The molecule has 0 saturated carbocycles. The third-order valence-corrected chi connectivity index (χ3v) is 8.47. The number of rotatable bonds is 13. The number of hydrogen-bond donors (Lipinski definition) is 2. The first-order valence-electron chi connectivity index (χ1n) is 14.0. The zero-order valence-corrected chi connectivity index (χ0v) is 24.3. The van der Waals surface area contributed by atoms with Gasteiger partial charge >= 0.3 is 5.97 Å². The number of likely N-dealkylation sites (tertiary alicyclic amines) is 1. The zero-order valence-electron chi connectivity index (χ0n) is 23.5. The fourth-order valence-corrected chi connectivity index (χ4v) is 6.80. The summed E-state index contributed by atoms with van der Waals surface area (Å²) in [6.45, 7) is 10.7. The van der Waals surface area contributed by atoms with E-state index in [0.29, 0.717) is 30.0 Å². The van der Waals surface area contributed by atoms with Crippen molar-refractivity contribution < 1.29 is 33.8 Å². The Morgan fingerprint density at radius 1 is 1.34 bits per heavy atom. The zero-order chi connectivity index (χ0) is 29.9. The van der Waals surface area contributed by atoms with Gasteiger partial charge in [0.1, 0.15) is 17.7 Å². The van der Waals surface area contributed by atoms with Crippen LogP contribution in [0, 0.1) is 18.8 Å². The van der Waals surface area contributed by atoms with E-state index < -0.39 is 53.5 Å². The van der Waals surface area contributed by atoms with E-state index in [2.05, 4.69) is 18.5 Å². The standard InChI is InChI=1S/C30H38ClN3O7/c1-5-7-11-22(36)32-17-19(4)40-29(39)23-21-12-13-30(41-21)24(23)27(37)34(15-16-35)26(30)28(38)33(14-6-2)25-18(3)9-8-10-20(25)31/h5-6,8-10,19,21,23-24,26,35H,1-2,7,11-17H2,3-4H3,(H,32,36)/t19-,21+,23-,24-,26+,30-/m0/s1. The van der Waals surface area contributed by atoms with Crippen LogP contribution >= 0.6 is 11.6 Å². The Morgan fingerprint density at radius 2 is 2.10 bits per heavy atom.